The van der Waals surface area contributed by atoms with Crippen LogP contribution in [0.5, 0.6) is 11.5 Å². The van der Waals surface area contributed by atoms with E-state index in [-0.39, 0.29) is 11.5 Å². The van der Waals surface area contributed by atoms with Crippen LogP contribution in [0.1, 0.15) is 22.8 Å². The van der Waals surface area contributed by atoms with Crippen molar-refractivity contribution in [3.8, 4) is 11.5 Å². The van der Waals surface area contributed by atoms with Gasteiger partial charge in [-0.3, -0.25) is 4.79 Å². The lowest BCUT2D eigenvalue weighted by atomic mass is 10.0. The lowest BCUT2D eigenvalue weighted by Crippen LogP contribution is -2.23. The maximum atomic E-state index is 12.5. The smallest absolute Gasteiger partial charge is 0.455 e. The Bertz CT molecular complexity index is 453. The third-order valence-electron chi connectivity index (χ3n) is 2.45. The predicted octanol–water partition coefficient (Wildman–Crippen LogP) is 3.01. The summed E-state index contributed by atoms with van der Waals surface area (Å²) in [6.07, 6.45) is -4.46. The van der Waals surface area contributed by atoms with Crippen molar-refractivity contribution in [2.24, 2.45) is 0 Å². The van der Waals surface area contributed by atoms with E-state index in [1.807, 2.05) is 0 Å². The van der Waals surface area contributed by atoms with E-state index in [0.717, 1.165) is 0 Å². The van der Waals surface area contributed by atoms with Crippen LogP contribution in [0, 0.1) is 0 Å². The fourth-order valence-electron chi connectivity index (χ4n) is 1.55. The molecule has 0 spiro atoms. The molecule has 0 amide bonds. The quantitative estimate of drug-likeness (QED) is 0.782. The molecule has 1 aromatic rings. The monoisotopic (exact) mass is 262 g/mol. The van der Waals surface area contributed by atoms with Crippen molar-refractivity contribution in [3.63, 3.8) is 0 Å². The highest BCUT2D eigenvalue weighted by Crippen LogP contribution is 2.36. The molecule has 1 rings (SSSR count). The molecule has 0 fully saturated rings. The number of carbonyl (C=O) groups excluding carboxylic acids is 1. The van der Waals surface area contributed by atoms with Crippen LogP contribution in [0.4, 0.5) is 13.2 Å². The van der Waals surface area contributed by atoms with Gasteiger partial charge >= 0.3 is 6.18 Å². The second kappa shape index (κ2) is 5.29. The number of Topliss-reactive ketones (excluding diaryl/α,β-unsaturated/α-hetero) is 1. The Labute approximate surface area is 103 Å². The molecule has 0 bridgehead atoms. The fourth-order valence-corrected chi connectivity index (χ4v) is 1.55. The Kier molecular flexibility index (Phi) is 4.21. The molecular formula is C12H13F3O3. The minimum absolute atomic E-state index is 0.115. The molecule has 100 valence electrons. The van der Waals surface area contributed by atoms with Crippen LogP contribution in [0.25, 0.3) is 0 Å². The zero-order chi connectivity index (χ0) is 13.9. The van der Waals surface area contributed by atoms with Crippen LogP contribution in [0.15, 0.2) is 12.1 Å². The number of hydrogen-bond donors (Lipinski definition) is 0. The van der Waals surface area contributed by atoms with Gasteiger partial charge in [-0.2, -0.15) is 13.2 Å². The molecule has 0 unspecified atom stereocenters. The molecule has 6 heteroatoms. The summed E-state index contributed by atoms with van der Waals surface area (Å²) in [5.74, 6) is -2.02. The van der Waals surface area contributed by atoms with Crippen LogP contribution in [-0.4, -0.2) is 26.2 Å². The molecule has 0 aliphatic rings. The molecule has 0 saturated carbocycles. The van der Waals surface area contributed by atoms with Gasteiger partial charge in [0.1, 0.15) is 0 Å². The van der Waals surface area contributed by atoms with E-state index in [4.69, 9.17) is 9.47 Å². The van der Waals surface area contributed by atoms with Crippen LogP contribution < -0.4 is 9.47 Å². The van der Waals surface area contributed by atoms with E-state index in [9.17, 15) is 18.0 Å². The lowest BCUT2D eigenvalue weighted by molar-refractivity contribution is -0.0886. The summed E-state index contributed by atoms with van der Waals surface area (Å²) in [4.78, 5) is 11.3. The van der Waals surface area contributed by atoms with Gasteiger partial charge in [-0.15, -0.1) is 0 Å². The van der Waals surface area contributed by atoms with E-state index < -0.39 is 17.5 Å². The number of ether oxygens (including phenoxy) is 2. The number of carbonyl (C=O) groups is 1. The molecule has 18 heavy (non-hydrogen) atoms. The first kappa shape index (κ1) is 14.3. The average Bonchev–Trinajstić information content (AvgIpc) is 2.34. The lowest BCUT2D eigenvalue weighted by Gasteiger charge is -2.15. The van der Waals surface area contributed by atoms with Gasteiger partial charge in [0.25, 0.3) is 5.78 Å². The Hall–Kier alpha value is -1.72. The first-order valence-electron chi connectivity index (χ1n) is 5.21. The summed E-state index contributed by atoms with van der Waals surface area (Å²) in [7, 11) is 2.50. The Morgan fingerprint density at radius 3 is 2.22 bits per heavy atom. The molecule has 0 atom stereocenters. The van der Waals surface area contributed by atoms with Gasteiger partial charge in [0.05, 0.1) is 19.8 Å². The molecule has 0 radical (unpaired) electrons. The number of methoxy groups -OCH3 is 2. The van der Waals surface area contributed by atoms with Gasteiger partial charge in [-0.25, -0.2) is 0 Å². The van der Waals surface area contributed by atoms with Gasteiger partial charge in [0.15, 0.2) is 11.5 Å². The van der Waals surface area contributed by atoms with Crippen LogP contribution >= 0.6 is 0 Å². The normalized spacial score (nSPS) is 11.2. The number of benzene rings is 1. The van der Waals surface area contributed by atoms with Crippen molar-refractivity contribution in [3.05, 3.63) is 23.3 Å². The zero-order valence-corrected chi connectivity index (χ0v) is 10.2. The second-order valence-corrected chi connectivity index (χ2v) is 3.56. The van der Waals surface area contributed by atoms with E-state index >= 15 is 0 Å². The summed E-state index contributed by atoms with van der Waals surface area (Å²) in [6.45, 7) is 1.77. The molecule has 0 heterocycles. The largest absolute Gasteiger partial charge is 0.493 e. The van der Waals surface area contributed by atoms with Crippen molar-refractivity contribution >= 4 is 5.78 Å². The van der Waals surface area contributed by atoms with Crippen LogP contribution in [0.2, 0.25) is 0 Å². The van der Waals surface area contributed by atoms with Gasteiger partial charge in [-0.05, 0) is 24.1 Å². The van der Waals surface area contributed by atoms with Crippen molar-refractivity contribution in [2.75, 3.05) is 14.2 Å². The minimum atomic E-state index is -4.94. The number of rotatable bonds is 4. The van der Waals surface area contributed by atoms with E-state index in [1.54, 1.807) is 13.0 Å². The van der Waals surface area contributed by atoms with Gasteiger partial charge in [0, 0.05) is 0 Å². The third kappa shape index (κ3) is 2.75. The molecule has 0 saturated heterocycles. The van der Waals surface area contributed by atoms with Crippen molar-refractivity contribution in [1.82, 2.24) is 0 Å². The fraction of sp³-hybridized carbons (Fsp3) is 0.417. The number of hydrogen-bond acceptors (Lipinski definition) is 3. The summed E-state index contributed by atoms with van der Waals surface area (Å²) in [5, 5.41) is 0. The maximum absolute atomic E-state index is 12.5. The number of alkyl halides is 3. The summed E-state index contributed by atoms with van der Waals surface area (Å²) in [6, 6.07) is 2.73. The Morgan fingerprint density at radius 2 is 1.83 bits per heavy atom. The molecule has 0 aliphatic heterocycles. The summed E-state index contributed by atoms with van der Waals surface area (Å²) >= 11 is 0. The molecular weight excluding hydrogens is 249 g/mol. The standard InChI is InChI=1S/C12H13F3O3/c1-4-7-5-8(11(16)12(13,14)15)10(18-3)9(6-7)17-2/h5-6H,4H2,1-3H3. The van der Waals surface area contributed by atoms with Gasteiger partial charge in [0.2, 0.25) is 0 Å². The second-order valence-electron chi connectivity index (χ2n) is 3.56. The van der Waals surface area contributed by atoms with Crippen molar-refractivity contribution in [2.45, 2.75) is 19.5 Å². The third-order valence-corrected chi connectivity index (χ3v) is 2.45. The molecule has 1 aromatic carbocycles. The molecule has 0 aliphatic carbocycles. The Balaban J connectivity index is 3.45. The van der Waals surface area contributed by atoms with Crippen molar-refractivity contribution in [1.29, 1.82) is 0 Å². The highest BCUT2D eigenvalue weighted by atomic mass is 19.4. The average molecular weight is 262 g/mol. The topological polar surface area (TPSA) is 35.5 Å². The summed E-state index contributed by atoms with van der Waals surface area (Å²) < 4.78 is 47.2. The van der Waals surface area contributed by atoms with E-state index in [2.05, 4.69) is 0 Å². The van der Waals surface area contributed by atoms with Crippen LogP contribution in [0.3, 0.4) is 0 Å². The van der Waals surface area contributed by atoms with Gasteiger partial charge < -0.3 is 9.47 Å². The maximum Gasteiger partial charge on any atom is 0.455 e. The number of halogens is 3. The zero-order valence-electron chi connectivity index (χ0n) is 10.2. The van der Waals surface area contributed by atoms with Gasteiger partial charge in [-0.1, -0.05) is 6.92 Å². The molecule has 0 N–H and O–H groups in total. The van der Waals surface area contributed by atoms with Crippen molar-refractivity contribution < 1.29 is 27.4 Å². The van der Waals surface area contributed by atoms with Crippen LogP contribution in [-0.2, 0) is 6.42 Å². The minimum Gasteiger partial charge on any atom is -0.493 e. The number of ketones is 1. The van der Waals surface area contributed by atoms with E-state index in [1.165, 1.54) is 20.3 Å². The van der Waals surface area contributed by atoms with E-state index in [0.29, 0.717) is 12.0 Å². The first-order valence-corrected chi connectivity index (χ1v) is 5.21. The highest BCUT2D eigenvalue weighted by Gasteiger charge is 2.41. The first-order chi connectivity index (χ1) is 8.35. The number of aryl methyl sites for hydroxylation is 1. The molecule has 0 aromatic heterocycles. The summed E-state index contributed by atoms with van der Waals surface area (Å²) in [5.41, 5.74) is 0.0430. The molecule has 3 nitrogen and oxygen atoms in total. The highest BCUT2D eigenvalue weighted by molar-refractivity contribution is 6.03. The Morgan fingerprint density at radius 1 is 1.22 bits per heavy atom. The SMILES string of the molecule is CCc1cc(OC)c(OC)c(C(=O)C(F)(F)F)c1. The predicted molar refractivity (Wildman–Crippen MR) is 59.3 cm³/mol.